The largest absolute Gasteiger partial charge is 0.495 e. The molecule has 0 aliphatic heterocycles. The van der Waals surface area contributed by atoms with E-state index >= 15 is 0 Å². The molecule has 19 heavy (non-hydrogen) atoms. The second kappa shape index (κ2) is 4.98. The number of aromatic carboxylic acids is 1. The van der Waals surface area contributed by atoms with Crippen LogP contribution in [0, 0.1) is 0 Å². The van der Waals surface area contributed by atoms with Gasteiger partial charge in [-0.2, -0.15) is 0 Å². The van der Waals surface area contributed by atoms with Gasteiger partial charge in [0.05, 0.1) is 13.3 Å². The molecular formula is C11H9NO5S2. The van der Waals surface area contributed by atoms with E-state index < -0.39 is 15.8 Å². The van der Waals surface area contributed by atoms with Gasteiger partial charge in [-0.1, -0.05) is 23.5 Å². The van der Waals surface area contributed by atoms with Crippen LogP contribution < -0.4 is 4.74 Å². The van der Waals surface area contributed by atoms with Crippen molar-refractivity contribution in [1.29, 1.82) is 0 Å². The number of hydrogen-bond donors (Lipinski definition) is 1. The first-order valence-corrected chi connectivity index (χ1v) is 7.34. The Labute approximate surface area is 113 Å². The summed E-state index contributed by atoms with van der Waals surface area (Å²) in [6.45, 7) is 0. The smallest absolute Gasteiger partial charge is 0.347 e. The van der Waals surface area contributed by atoms with E-state index in [2.05, 4.69) is 4.98 Å². The minimum atomic E-state index is -3.88. The topological polar surface area (TPSA) is 93.6 Å². The number of nitrogens with zero attached hydrogens (tertiary/aromatic N) is 1. The molecule has 1 aromatic heterocycles. The van der Waals surface area contributed by atoms with Crippen molar-refractivity contribution in [2.75, 3.05) is 7.11 Å². The fourth-order valence-corrected chi connectivity index (χ4v) is 3.93. The fraction of sp³-hybridized carbons (Fsp3) is 0.0909. The highest BCUT2D eigenvalue weighted by molar-refractivity contribution is 7.93. The van der Waals surface area contributed by atoms with Gasteiger partial charge in [0.25, 0.3) is 0 Å². The molecule has 0 fully saturated rings. The van der Waals surface area contributed by atoms with Gasteiger partial charge in [-0.25, -0.2) is 18.2 Å². The Hall–Kier alpha value is -1.93. The van der Waals surface area contributed by atoms with Crippen LogP contribution in [0.15, 0.2) is 39.7 Å². The molecule has 0 aliphatic carbocycles. The molecule has 0 atom stereocenters. The molecule has 0 spiro atoms. The molecule has 0 radical (unpaired) electrons. The Kier molecular flexibility index (Phi) is 3.54. The summed E-state index contributed by atoms with van der Waals surface area (Å²) in [5.41, 5.74) is 0. The van der Waals surface area contributed by atoms with Gasteiger partial charge in [-0.3, -0.25) is 0 Å². The minimum absolute atomic E-state index is 0.0382. The van der Waals surface area contributed by atoms with Crippen molar-refractivity contribution >= 4 is 27.1 Å². The van der Waals surface area contributed by atoms with Gasteiger partial charge < -0.3 is 9.84 Å². The Morgan fingerprint density at radius 1 is 1.37 bits per heavy atom. The van der Waals surface area contributed by atoms with Crippen molar-refractivity contribution in [3.05, 3.63) is 35.3 Å². The zero-order valence-electron chi connectivity index (χ0n) is 9.73. The first-order valence-electron chi connectivity index (χ1n) is 5.04. The van der Waals surface area contributed by atoms with Crippen LogP contribution in [-0.4, -0.2) is 31.6 Å². The Bertz CT molecular complexity index is 720. The lowest BCUT2D eigenvalue weighted by Gasteiger charge is -2.06. The van der Waals surface area contributed by atoms with Crippen LogP contribution in [0.1, 0.15) is 9.67 Å². The maximum atomic E-state index is 12.3. The molecule has 2 aromatic rings. The van der Waals surface area contributed by atoms with E-state index in [4.69, 9.17) is 9.84 Å². The van der Waals surface area contributed by atoms with Gasteiger partial charge in [0.15, 0.2) is 0 Å². The fourth-order valence-electron chi connectivity index (χ4n) is 1.42. The van der Waals surface area contributed by atoms with Crippen molar-refractivity contribution < 1.29 is 23.1 Å². The Morgan fingerprint density at radius 2 is 2.05 bits per heavy atom. The molecular weight excluding hydrogens is 290 g/mol. The number of benzene rings is 1. The summed E-state index contributed by atoms with van der Waals surface area (Å²) in [6.07, 6.45) is 1.02. The van der Waals surface area contributed by atoms with Gasteiger partial charge in [-0.05, 0) is 12.1 Å². The van der Waals surface area contributed by atoms with E-state index in [1.54, 1.807) is 12.1 Å². The third kappa shape index (κ3) is 2.45. The van der Waals surface area contributed by atoms with Gasteiger partial charge in [0.1, 0.15) is 15.5 Å². The molecule has 0 bridgehead atoms. The van der Waals surface area contributed by atoms with Crippen molar-refractivity contribution in [2.24, 2.45) is 0 Å². The lowest BCUT2D eigenvalue weighted by atomic mass is 10.3. The van der Waals surface area contributed by atoms with Crippen LogP contribution in [0.25, 0.3) is 0 Å². The van der Waals surface area contributed by atoms with E-state index in [1.807, 2.05) is 0 Å². The average Bonchev–Trinajstić information content (AvgIpc) is 2.89. The van der Waals surface area contributed by atoms with Crippen molar-refractivity contribution in [1.82, 2.24) is 4.98 Å². The molecule has 1 heterocycles. The summed E-state index contributed by atoms with van der Waals surface area (Å²) in [5, 5.41) is 8.79. The number of ether oxygens (including phenoxy) is 1. The predicted octanol–water partition coefficient (Wildman–Crippen LogP) is 1.68. The van der Waals surface area contributed by atoms with E-state index in [0.29, 0.717) is 11.3 Å². The lowest BCUT2D eigenvalue weighted by molar-refractivity contribution is 0.0702. The monoisotopic (exact) mass is 299 g/mol. The standard InChI is InChI=1S/C11H9NO5S2/c1-17-7-4-2-3-5-9(7)19(15,16)11-12-6-8(18-11)10(13)14/h2-6H,1H3,(H,13,14). The van der Waals surface area contributed by atoms with E-state index in [9.17, 15) is 13.2 Å². The summed E-state index contributed by atoms with van der Waals surface area (Å²) < 4.78 is 29.4. The molecule has 2 rings (SSSR count). The molecule has 0 amide bonds. The molecule has 100 valence electrons. The molecule has 1 N–H and O–H groups in total. The number of rotatable bonds is 4. The maximum Gasteiger partial charge on any atom is 0.347 e. The zero-order chi connectivity index (χ0) is 14.0. The van der Waals surface area contributed by atoms with Crippen molar-refractivity contribution in [3.63, 3.8) is 0 Å². The Morgan fingerprint density at radius 3 is 2.63 bits per heavy atom. The number of para-hydroxylation sites is 1. The van der Waals surface area contributed by atoms with Gasteiger partial charge in [0.2, 0.25) is 14.2 Å². The highest BCUT2D eigenvalue weighted by Crippen LogP contribution is 2.31. The summed E-state index contributed by atoms with van der Waals surface area (Å²) in [6, 6.07) is 6.10. The number of methoxy groups -OCH3 is 1. The summed E-state index contributed by atoms with van der Waals surface area (Å²) in [7, 11) is -2.52. The van der Waals surface area contributed by atoms with Crippen LogP contribution >= 0.6 is 11.3 Å². The first-order chi connectivity index (χ1) is 8.96. The van der Waals surface area contributed by atoms with Crippen molar-refractivity contribution in [2.45, 2.75) is 9.24 Å². The number of carbonyl (C=O) groups is 1. The first kappa shape index (κ1) is 13.5. The second-order valence-electron chi connectivity index (χ2n) is 3.45. The number of carboxylic acid groups (broad SMARTS) is 1. The van der Waals surface area contributed by atoms with Crippen LogP contribution in [0.5, 0.6) is 5.75 Å². The van der Waals surface area contributed by atoms with Crippen molar-refractivity contribution in [3.8, 4) is 5.75 Å². The molecule has 0 saturated carbocycles. The molecule has 0 aliphatic rings. The second-order valence-corrected chi connectivity index (χ2v) is 6.57. The third-order valence-corrected chi connectivity index (χ3v) is 5.45. The molecule has 0 saturated heterocycles. The Balaban J connectivity index is 2.55. The maximum absolute atomic E-state index is 12.3. The number of hydrogen-bond acceptors (Lipinski definition) is 6. The van der Waals surface area contributed by atoms with Crippen LogP contribution in [-0.2, 0) is 9.84 Å². The molecule has 8 heteroatoms. The average molecular weight is 299 g/mol. The highest BCUT2D eigenvalue weighted by Gasteiger charge is 2.26. The summed E-state index contributed by atoms with van der Waals surface area (Å²) in [4.78, 5) is 14.2. The zero-order valence-corrected chi connectivity index (χ0v) is 11.4. The lowest BCUT2D eigenvalue weighted by Crippen LogP contribution is -2.03. The quantitative estimate of drug-likeness (QED) is 0.923. The number of thiazole rings is 1. The normalized spacial score (nSPS) is 11.2. The third-order valence-electron chi connectivity index (χ3n) is 2.28. The van der Waals surface area contributed by atoms with Crippen LogP contribution in [0.4, 0.5) is 0 Å². The van der Waals surface area contributed by atoms with Crippen LogP contribution in [0.2, 0.25) is 0 Å². The SMILES string of the molecule is COc1ccccc1S(=O)(=O)c1ncc(C(=O)O)s1. The number of carboxylic acids is 1. The summed E-state index contributed by atoms with van der Waals surface area (Å²) >= 11 is 0.608. The van der Waals surface area contributed by atoms with Gasteiger partial charge in [-0.15, -0.1) is 0 Å². The van der Waals surface area contributed by atoms with Gasteiger partial charge >= 0.3 is 5.97 Å². The van der Waals surface area contributed by atoms with E-state index in [-0.39, 0.29) is 19.9 Å². The van der Waals surface area contributed by atoms with E-state index in [0.717, 1.165) is 6.20 Å². The van der Waals surface area contributed by atoms with Crippen LogP contribution in [0.3, 0.4) is 0 Å². The predicted molar refractivity (Wildman–Crippen MR) is 67.5 cm³/mol. The number of sulfone groups is 1. The molecule has 0 unspecified atom stereocenters. The number of aromatic nitrogens is 1. The molecule has 6 nitrogen and oxygen atoms in total. The van der Waals surface area contributed by atoms with E-state index in [1.165, 1.54) is 19.2 Å². The molecule has 1 aromatic carbocycles. The minimum Gasteiger partial charge on any atom is -0.495 e. The highest BCUT2D eigenvalue weighted by atomic mass is 32.2. The van der Waals surface area contributed by atoms with Gasteiger partial charge in [0, 0.05) is 0 Å². The summed E-state index contributed by atoms with van der Waals surface area (Å²) in [5.74, 6) is -1.02.